The molecule has 4 rings (SSSR count). The molecule has 30 heavy (non-hydrogen) atoms. The average molecular weight is 403 g/mol. The summed E-state index contributed by atoms with van der Waals surface area (Å²) in [5, 5.41) is 13.1. The molecule has 0 saturated carbocycles. The summed E-state index contributed by atoms with van der Waals surface area (Å²) in [6.45, 7) is 5.44. The van der Waals surface area contributed by atoms with E-state index in [-0.39, 0.29) is 11.5 Å². The molecule has 1 atom stereocenters. The molecule has 1 saturated heterocycles. The molecule has 0 radical (unpaired) electrons. The van der Waals surface area contributed by atoms with Crippen LogP contribution in [0.5, 0.6) is 0 Å². The Morgan fingerprint density at radius 3 is 2.93 bits per heavy atom. The van der Waals surface area contributed by atoms with Crippen molar-refractivity contribution >= 4 is 28.3 Å². The first-order valence-electron chi connectivity index (χ1n) is 9.98. The Morgan fingerprint density at radius 1 is 1.33 bits per heavy atom. The zero-order chi connectivity index (χ0) is 21.3. The topological polar surface area (TPSA) is 81.9 Å². The van der Waals surface area contributed by atoms with E-state index < -0.39 is 5.82 Å². The predicted molar refractivity (Wildman–Crippen MR) is 113 cm³/mol. The molecular formula is C23H22FN5O. The molecule has 0 aliphatic carbocycles. The van der Waals surface area contributed by atoms with Gasteiger partial charge < -0.3 is 10.2 Å². The van der Waals surface area contributed by atoms with Gasteiger partial charge in [-0.3, -0.25) is 4.79 Å². The van der Waals surface area contributed by atoms with E-state index in [1.807, 2.05) is 30.0 Å². The smallest absolute Gasteiger partial charge is 0.257 e. The number of nitrogens with one attached hydrogen (secondary N) is 1. The first kappa shape index (κ1) is 19.8. The minimum absolute atomic E-state index is 0.0648. The normalized spacial score (nSPS) is 16.3. The maximum atomic E-state index is 13.8. The molecule has 7 heteroatoms. The fraction of sp³-hybridized carbons (Fsp3) is 0.304. The number of hydrogen-bond acceptors (Lipinski definition) is 5. The van der Waals surface area contributed by atoms with Crippen molar-refractivity contribution in [3.63, 3.8) is 0 Å². The van der Waals surface area contributed by atoms with E-state index in [0.29, 0.717) is 47.0 Å². The maximum absolute atomic E-state index is 13.8. The van der Waals surface area contributed by atoms with Gasteiger partial charge in [-0.15, -0.1) is 0 Å². The Labute approximate surface area is 174 Å². The zero-order valence-electron chi connectivity index (χ0n) is 16.9. The Morgan fingerprint density at radius 2 is 2.17 bits per heavy atom. The molecule has 2 aromatic heterocycles. The lowest BCUT2D eigenvalue weighted by atomic mass is 9.99. The number of amides is 1. The quantitative estimate of drug-likeness (QED) is 0.693. The van der Waals surface area contributed by atoms with Gasteiger partial charge in [0, 0.05) is 36.1 Å². The zero-order valence-corrected chi connectivity index (χ0v) is 16.9. The Balaban J connectivity index is 1.81. The fourth-order valence-electron chi connectivity index (χ4n) is 3.85. The highest BCUT2D eigenvalue weighted by molar-refractivity contribution is 6.07. The minimum Gasteiger partial charge on any atom is -0.354 e. The first-order valence-corrected chi connectivity index (χ1v) is 9.98. The molecule has 1 N–H and O–H groups in total. The van der Waals surface area contributed by atoms with Gasteiger partial charge in [0.1, 0.15) is 11.9 Å². The van der Waals surface area contributed by atoms with Crippen molar-refractivity contribution in [2.45, 2.75) is 26.7 Å². The van der Waals surface area contributed by atoms with Crippen molar-refractivity contribution in [2.24, 2.45) is 5.92 Å². The van der Waals surface area contributed by atoms with Crippen molar-refractivity contribution in [3.05, 3.63) is 59.2 Å². The molecular weight excluding hydrogens is 381 g/mol. The minimum atomic E-state index is -0.585. The second-order valence-electron chi connectivity index (χ2n) is 7.80. The highest BCUT2D eigenvalue weighted by Crippen LogP contribution is 2.31. The highest BCUT2D eigenvalue weighted by atomic mass is 19.1. The molecule has 1 unspecified atom stereocenters. The van der Waals surface area contributed by atoms with Gasteiger partial charge in [0.2, 0.25) is 0 Å². The van der Waals surface area contributed by atoms with Crippen molar-refractivity contribution in [2.75, 3.05) is 18.4 Å². The third-order valence-corrected chi connectivity index (χ3v) is 5.40. The molecule has 1 aliphatic heterocycles. The van der Waals surface area contributed by atoms with Gasteiger partial charge in [-0.1, -0.05) is 6.92 Å². The number of halogens is 1. The van der Waals surface area contributed by atoms with E-state index in [0.717, 1.165) is 18.5 Å². The van der Waals surface area contributed by atoms with Crippen LogP contribution in [0, 0.1) is 30.0 Å². The van der Waals surface area contributed by atoms with E-state index in [9.17, 15) is 9.18 Å². The number of carbonyl (C=O) groups excluding carboxylic acids is 1. The summed E-state index contributed by atoms with van der Waals surface area (Å²) in [4.78, 5) is 24.1. The second-order valence-corrected chi connectivity index (χ2v) is 7.80. The van der Waals surface area contributed by atoms with E-state index >= 15 is 0 Å². The van der Waals surface area contributed by atoms with E-state index in [1.165, 1.54) is 12.1 Å². The first-order chi connectivity index (χ1) is 14.5. The molecule has 1 amide bonds. The molecule has 1 aromatic carbocycles. The standard InChI is InChI=1S/C23H22FN5O/c1-14-4-3-9-29(13-14)23(30)19-12-26-22-18(7-5-15(2)27-22)21(19)28-17-6-8-20(24)16(10-17)11-25/h5-8,10,12,14H,3-4,9,13H2,1-2H3,(H,26,27,28). The van der Waals surface area contributed by atoms with Crippen LogP contribution in [-0.4, -0.2) is 33.9 Å². The SMILES string of the molecule is Cc1ccc2c(Nc3ccc(F)c(C#N)c3)c(C(=O)N3CCCC(C)C3)cnc2n1. The van der Waals surface area contributed by atoms with E-state index in [2.05, 4.69) is 22.2 Å². The predicted octanol–water partition coefficient (Wildman–Crippen LogP) is 4.56. The highest BCUT2D eigenvalue weighted by Gasteiger charge is 2.25. The maximum Gasteiger partial charge on any atom is 0.257 e. The summed E-state index contributed by atoms with van der Waals surface area (Å²) >= 11 is 0. The van der Waals surface area contributed by atoms with Crippen LogP contribution in [0.15, 0.2) is 36.5 Å². The van der Waals surface area contributed by atoms with Crippen molar-refractivity contribution in [3.8, 4) is 6.07 Å². The van der Waals surface area contributed by atoms with Crippen LogP contribution < -0.4 is 5.32 Å². The van der Waals surface area contributed by atoms with Crippen LogP contribution >= 0.6 is 0 Å². The number of anilines is 2. The summed E-state index contributed by atoms with van der Waals surface area (Å²) in [6, 6.07) is 9.79. The van der Waals surface area contributed by atoms with E-state index in [1.54, 1.807) is 12.3 Å². The number of likely N-dealkylation sites (tertiary alicyclic amines) is 1. The summed E-state index contributed by atoms with van der Waals surface area (Å²) in [5.74, 6) is -0.229. The average Bonchev–Trinajstić information content (AvgIpc) is 2.74. The van der Waals surface area contributed by atoms with Gasteiger partial charge in [0.05, 0.1) is 16.8 Å². The van der Waals surface area contributed by atoms with Crippen LogP contribution in [0.1, 0.15) is 41.4 Å². The third-order valence-electron chi connectivity index (χ3n) is 5.40. The Bertz CT molecular complexity index is 1170. The molecule has 6 nitrogen and oxygen atoms in total. The lowest BCUT2D eigenvalue weighted by Crippen LogP contribution is -2.39. The number of piperidine rings is 1. The molecule has 0 bridgehead atoms. The largest absolute Gasteiger partial charge is 0.354 e. The van der Waals surface area contributed by atoms with Gasteiger partial charge >= 0.3 is 0 Å². The van der Waals surface area contributed by atoms with Gasteiger partial charge in [-0.05, 0) is 56.0 Å². The molecule has 0 spiro atoms. The number of rotatable bonds is 3. The molecule has 1 fully saturated rings. The lowest BCUT2D eigenvalue weighted by molar-refractivity contribution is 0.0684. The number of pyridine rings is 2. The number of nitrogens with zero attached hydrogens (tertiary/aromatic N) is 4. The van der Waals surface area contributed by atoms with Crippen LogP contribution in [0.4, 0.5) is 15.8 Å². The molecule has 1 aliphatic rings. The Hall–Kier alpha value is -3.53. The van der Waals surface area contributed by atoms with Crippen molar-refractivity contribution in [1.82, 2.24) is 14.9 Å². The van der Waals surface area contributed by atoms with Crippen molar-refractivity contribution < 1.29 is 9.18 Å². The second kappa shape index (κ2) is 8.07. The van der Waals surface area contributed by atoms with Crippen LogP contribution in [0.25, 0.3) is 11.0 Å². The number of nitriles is 1. The lowest BCUT2D eigenvalue weighted by Gasteiger charge is -2.31. The van der Waals surface area contributed by atoms with Crippen molar-refractivity contribution in [1.29, 1.82) is 5.26 Å². The van der Waals surface area contributed by atoms with E-state index in [4.69, 9.17) is 5.26 Å². The third kappa shape index (κ3) is 3.81. The number of carbonyl (C=O) groups is 1. The number of hydrogen-bond donors (Lipinski definition) is 1. The number of aromatic nitrogens is 2. The van der Waals surface area contributed by atoms with Crippen LogP contribution in [-0.2, 0) is 0 Å². The molecule has 152 valence electrons. The summed E-state index contributed by atoms with van der Waals surface area (Å²) < 4.78 is 13.8. The summed E-state index contributed by atoms with van der Waals surface area (Å²) in [7, 11) is 0. The van der Waals surface area contributed by atoms with Gasteiger partial charge in [0.15, 0.2) is 5.65 Å². The summed E-state index contributed by atoms with van der Waals surface area (Å²) in [5.41, 5.74) is 2.78. The number of fused-ring (bicyclic) bond motifs is 1. The fourth-order valence-corrected chi connectivity index (χ4v) is 3.85. The molecule has 3 heterocycles. The van der Waals surface area contributed by atoms with Crippen LogP contribution in [0.3, 0.4) is 0 Å². The monoisotopic (exact) mass is 403 g/mol. The van der Waals surface area contributed by atoms with Gasteiger partial charge in [0.25, 0.3) is 5.91 Å². The number of benzene rings is 1. The van der Waals surface area contributed by atoms with Crippen LogP contribution in [0.2, 0.25) is 0 Å². The number of aryl methyl sites for hydroxylation is 1. The summed E-state index contributed by atoms with van der Waals surface area (Å²) in [6.07, 6.45) is 3.63. The van der Waals surface area contributed by atoms with Gasteiger partial charge in [-0.2, -0.15) is 5.26 Å². The Kier molecular flexibility index (Phi) is 5.32. The van der Waals surface area contributed by atoms with Gasteiger partial charge in [-0.25, -0.2) is 14.4 Å². The molecule has 3 aromatic rings.